The van der Waals surface area contributed by atoms with Crippen molar-refractivity contribution in [3.63, 3.8) is 0 Å². The zero-order chi connectivity index (χ0) is 21.8. The fourth-order valence-corrected chi connectivity index (χ4v) is 3.27. The fraction of sp³-hybridized carbons (Fsp3) is 0.542. The molecule has 0 aromatic rings. The van der Waals surface area contributed by atoms with Crippen molar-refractivity contribution in [1.82, 2.24) is 0 Å². The number of rotatable bonds is 0. The molecule has 0 aromatic carbocycles. The largest absolute Gasteiger partial charge is 0.460 e. The highest BCUT2D eigenvalue weighted by molar-refractivity contribution is 5.82. The third-order valence-electron chi connectivity index (χ3n) is 5.02. The number of hydrogen-bond acceptors (Lipinski definition) is 6. The van der Waals surface area contributed by atoms with Gasteiger partial charge in [0.1, 0.15) is 12.2 Å². The fourth-order valence-electron chi connectivity index (χ4n) is 3.27. The van der Waals surface area contributed by atoms with E-state index in [0.29, 0.717) is 19.3 Å². The number of esters is 1. The highest BCUT2D eigenvalue weighted by atomic mass is 16.6. The first-order chi connectivity index (χ1) is 14.5. The van der Waals surface area contributed by atoms with Gasteiger partial charge in [-0.25, -0.2) is 4.79 Å². The van der Waals surface area contributed by atoms with Gasteiger partial charge in [-0.1, -0.05) is 54.7 Å². The van der Waals surface area contributed by atoms with E-state index in [0.717, 1.165) is 19.3 Å². The van der Waals surface area contributed by atoms with Crippen molar-refractivity contribution < 1.29 is 29.6 Å². The molecule has 6 atom stereocenters. The average molecular weight is 419 g/mol. The van der Waals surface area contributed by atoms with Gasteiger partial charge in [0, 0.05) is 12.5 Å². The van der Waals surface area contributed by atoms with Gasteiger partial charge in [0.05, 0.1) is 24.4 Å². The van der Waals surface area contributed by atoms with Crippen molar-refractivity contribution in [3.05, 3.63) is 60.8 Å². The minimum atomic E-state index is -0.634. The lowest BCUT2D eigenvalue weighted by atomic mass is 9.94. The van der Waals surface area contributed by atoms with E-state index in [2.05, 4.69) is 0 Å². The lowest BCUT2D eigenvalue weighted by Crippen LogP contribution is -2.53. The summed E-state index contributed by atoms with van der Waals surface area (Å²) < 4.78 is 11.0. The predicted molar refractivity (Wildman–Crippen MR) is 116 cm³/mol. The Morgan fingerprint density at radius 1 is 0.967 bits per heavy atom. The summed E-state index contributed by atoms with van der Waals surface area (Å²) in [5.41, 5.74) is 0. The molecule has 0 aromatic heterocycles. The Balaban J connectivity index is 1.91. The summed E-state index contributed by atoms with van der Waals surface area (Å²) in [6.45, 7) is 1.86. The second-order valence-electron chi connectivity index (χ2n) is 7.76. The molecule has 0 aliphatic carbocycles. The van der Waals surface area contributed by atoms with E-state index >= 15 is 0 Å². The standard InChI is InChI=1S/C24H34O6/c1-18-11-5-2-9-15-21-24(28)22(30-21)17-20(26)14-8-3-6-12-19(25)13-7-4-10-16-23(27)29-18/h3-4,6-10,12,15-16,18-22,24-26,28H,2,5,11,13-14,17H2,1H3/b7-4-,8-3?,12-6?,15-9-,16-10?/t18-,19-,20+,21+,22-,24+/m1/s1. The smallest absolute Gasteiger partial charge is 0.331 e. The van der Waals surface area contributed by atoms with Crippen LogP contribution < -0.4 is 0 Å². The first kappa shape index (κ1) is 24.3. The van der Waals surface area contributed by atoms with Crippen molar-refractivity contribution >= 4 is 5.97 Å². The SMILES string of the molecule is C[C@@H]1CCC/C=C\[C@@H]2O[C@H](C[C@@H](O)CC=CC=C[C@@H](O)C/C=C\C=CC(=O)O1)[C@H]2O. The molecule has 3 N–H and O–H groups in total. The van der Waals surface area contributed by atoms with Crippen LogP contribution in [0.1, 0.15) is 45.4 Å². The summed E-state index contributed by atoms with van der Waals surface area (Å²) in [4.78, 5) is 11.8. The van der Waals surface area contributed by atoms with Gasteiger partial charge in [0.2, 0.25) is 0 Å². The molecule has 3 aliphatic rings. The molecule has 0 amide bonds. The maximum atomic E-state index is 11.8. The highest BCUT2D eigenvalue weighted by Gasteiger charge is 2.40. The summed E-state index contributed by atoms with van der Waals surface area (Å²) in [6, 6.07) is 0. The summed E-state index contributed by atoms with van der Waals surface area (Å²) >= 11 is 0. The van der Waals surface area contributed by atoms with Gasteiger partial charge in [-0.15, -0.1) is 0 Å². The van der Waals surface area contributed by atoms with Gasteiger partial charge in [-0.3, -0.25) is 0 Å². The van der Waals surface area contributed by atoms with Gasteiger partial charge >= 0.3 is 5.97 Å². The van der Waals surface area contributed by atoms with Gasteiger partial charge in [0.25, 0.3) is 0 Å². The van der Waals surface area contributed by atoms with Crippen molar-refractivity contribution in [1.29, 1.82) is 0 Å². The quantitative estimate of drug-likeness (QED) is 0.414. The lowest BCUT2D eigenvalue weighted by Gasteiger charge is -2.41. The minimum Gasteiger partial charge on any atom is -0.460 e. The normalized spacial score (nSPS) is 36.9. The van der Waals surface area contributed by atoms with Gasteiger partial charge < -0.3 is 24.8 Å². The molecule has 1 saturated heterocycles. The van der Waals surface area contributed by atoms with Gasteiger partial charge in [0.15, 0.2) is 0 Å². The first-order valence-electron chi connectivity index (χ1n) is 10.7. The molecular weight excluding hydrogens is 384 g/mol. The molecule has 3 rings (SSSR count). The Bertz CT molecular complexity index is 663. The molecule has 0 saturated carbocycles. The number of ether oxygens (including phenoxy) is 2. The second-order valence-corrected chi connectivity index (χ2v) is 7.76. The monoisotopic (exact) mass is 418 g/mol. The van der Waals surface area contributed by atoms with Crippen LogP contribution in [0.3, 0.4) is 0 Å². The van der Waals surface area contributed by atoms with E-state index in [1.165, 1.54) is 6.08 Å². The Labute approximate surface area is 178 Å². The van der Waals surface area contributed by atoms with E-state index < -0.39 is 18.3 Å². The molecule has 6 heteroatoms. The molecule has 6 nitrogen and oxygen atoms in total. The van der Waals surface area contributed by atoms with Crippen LogP contribution in [0.5, 0.6) is 0 Å². The van der Waals surface area contributed by atoms with Crippen molar-refractivity contribution in [3.8, 4) is 0 Å². The number of allylic oxidation sites excluding steroid dienone is 5. The summed E-state index contributed by atoms with van der Waals surface area (Å²) in [5.74, 6) is -0.387. The van der Waals surface area contributed by atoms with E-state index in [1.54, 1.807) is 36.5 Å². The Hall–Kier alpha value is -1.99. The molecule has 3 aliphatic heterocycles. The van der Waals surface area contributed by atoms with Gasteiger partial charge in [-0.2, -0.15) is 0 Å². The number of aliphatic hydroxyl groups excluding tert-OH is 3. The van der Waals surface area contributed by atoms with Crippen LogP contribution in [0.2, 0.25) is 0 Å². The Morgan fingerprint density at radius 3 is 2.53 bits per heavy atom. The Kier molecular flexibility index (Phi) is 10.8. The number of carbonyl (C=O) groups excluding carboxylic acids is 1. The third-order valence-corrected chi connectivity index (χ3v) is 5.02. The molecule has 2 bridgehead atoms. The van der Waals surface area contributed by atoms with Gasteiger partial charge in [-0.05, 0) is 39.0 Å². The topological polar surface area (TPSA) is 96.2 Å². The molecule has 0 radical (unpaired) electrons. The summed E-state index contributed by atoms with van der Waals surface area (Å²) in [6.07, 6.45) is 18.2. The highest BCUT2D eigenvalue weighted by Crippen LogP contribution is 2.27. The van der Waals surface area contributed by atoms with Crippen molar-refractivity contribution in [2.75, 3.05) is 0 Å². The number of aliphatic hydroxyl groups is 3. The van der Waals surface area contributed by atoms with E-state index in [9.17, 15) is 20.1 Å². The average Bonchev–Trinajstić information content (AvgIpc) is 2.70. The van der Waals surface area contributed by atoms with E-state index in [-0.39, 0.29) is 24.3 Å². The first-order valence-corrected chi connectivity index (χ1v) is 10.7. The minimum absolute atomic E-state index is 0.179. The second kappa shape index (κ2) is 13.3. The van der Waals surface area contributed by atoms with E-state index in [4.69, 9.17) is 9.47 Å². The van der Waals surface area contributed by atoms with Crippen LogP contribution in [-0.2, 0) is 14.3 Å². The molecule has 166 valence electrons. The zero-order valence-corrected chi connectivity index (χ0v) is 17.5. The zero-order valence-electron chi connectivity index (χ0n) is 17.5. The number of hydrogen-bond donors (Lipinski definition) is 3. The lowest BCUT2D eigenvalue weighted by molar-refractivity contribution is -0.209. The number of fused-ring (bicyclic) bond motifs is 15. The summed E-state index contributed by atoms with van der Waals surface area (Å²) in [5, 5.41) is 30.2. The van der Waals surface area contributed by atoms with E-state index in [1.807, 2.05) is 25.2 Å². The van der Waals surface area contributed by atoms with Crippen LogP contribution >= 0.6 is 0 Å². The van der Waals surface area contributed by atoms with Crippen molar-refractivity contribution in [2.45, 2.75) is 82.1 Å². The number of carbonyl (C=O) groups is 1. The van der Waals surface area contributed by atoms with Crippen LogP contribution in [0.25, 0.3) is 0 Å². The summed E-state index contributed by atoms with van der Waals surface area (Å²) in [7, 11) is 0. The molecule has 0 unspecified atom stereocenters. The van der Waals surface area contributed by atoms with Crippen molar-refractivity contribution in [2.24, 2.45) is 0 Å². The Morgan fingerprint density at radius 2 is 1.73 bits per heavy atom. The maximum absolute atomic E-state index is 11.8. The van der Waals surface area contributed by atoms with Crippen LogP contribution in [0.15, 0.2) is 60.8 Å². The van der Waals surface area contributed by atoms with Crippen LogP contribution in [0.4, 0.5) is 0 Å². The molecule has 3 heterocycles. The molecule has 30 heavy (non-hydrogen) atoms. The molecular formula is C24H34O6. The third kappa shape index (κ3) is 9.22. The maximum Gasteiger partial charge on any atom is 0.331 e. The molecule has 0 spiro atoms. The molecule has 1 fully saturated rings. The van der Waals surface area contributed by atoms with Crippen LogP contribution in [-0.4, -0.2) is 57.9 Å². The predicted octanol–water partition coefficient (Wildman–Crippen LogP) is 2.90. The van der Waals surface area contributed by atoms with Crippen LogP contribution in [0, 0.1) is 0 Å².